The van der Waals surface area contributed by atoms with Crippen LogP contribution in [-0.4, -0.2) is 77.8 Å². The summed E-state index contributed by atoms with van der Waals surface area (Å²) in [4.78, 5) is 15.8. The zero-order chi connectivity index (χ0) is 22.6. The van der Waals surface area contributed by atoms with Gasteiger partial charge in [-0.3, -0.25) is 4.79 Å². The molecule has 0 saturated carbocycles. The summed E-state index contributed by atoms with van der Waals surface area (Å²) >= 11 is 1.69. The van der Waals surface area contributed by atoms with Crippen LogP contribution in [0.4, 0.5) is 0 Å². The van der Waals surface area contributed by atoms with Crippen LogP contribution < -0.4 is 10.2 Å². The summed E-state index contributed by atoms with van der Waals surface area (Å²) in [6.45, 7) is 6.86. The van der Waals surface area contributed by atoms with Crippen molar-refractivity contribution in [1.29, 1.82) is 0 Å². The third kappa shape index (κ3) is 5.22. The number of quaternary nitrogens is 1. The van der Waals surface area contributed by atoms with Gasteiger partial charge in [0.15, 0.2) is 0 Å². The maximum Gasteiger partial charge on any atom is 0.251 e. The van der Waals surface area contributed by atoms with Gasteiger partial charge in [0.05, 0.1) is 42.7 Å². The van der Waals surface area contributed by atoms with Crippen LogP contribution in [0.1, 0.15) is 26.8 Å². The second-order valence-electron chi connectivity index (χ2n) is 8.05. The highest BCUT2D eigenvalue weighted by Gasteiger charge is 2.30. The molecule has 0 spiro atoms. The number of thiophene rings is 1. The van der Waals surface area contributed by atoms with E-state index >= 15 is 0 Å². The Morgan fingerprint density at radius 1 is 1.16 bits per heavy atom. The highest BCUT2D eigenvalue weighted by atomic mass is 32.2. The van der Waals surface area contributed by atoms with Gasteiger partial charge in [-0.15, -0.1) is 11.3 Å². The van der Waals surface area contributed by atoms with Crippen molar-refractivity contribution < 1.29 is 27.6 Å². The molecular weight excluding hydrogens is 450 g/mol. The number of carbonyl (C=O) groups excluding carboxylic acids is 1. The topological polar surface area (TPSA) is 89.4 Å². The van der Waals surface area contributed by atoms with Gasteiger partial charge in [-0.05, 0) is 36.1 Å². The number of amides is 1. The summed E-state index contributed by atoms with van der Waals surface area (Å²) in [6.07, 6.45) is 0. The van der Waals surface area contributed by atoms with Crippen LogP contribution in [0, 0.1) is 6.92 Å². The summed E-state index contributed by atoms with van der Waals surface area (Å²) in [5, 5.41) is 5.09. The predicted molar refractivity (Wildman–Crippen MR) is 122 cm³/mol. The van der Waals surface area contributed by atoms with Gasteiger partial charge in [-0.1, -0.05) is 12.1 Å². The van der Waals surface area contributed by atoms with Crippen LogP contribution in [0.2, 0.25) is 0 Å². The van der Waals surface area contributed by atoms with E-state index in [0.29, 0.717) is 57.2 Å². The lowest BCUT2D eigenvalue weighted by Gasteiger charge is -2.31. The number of rotatable bonds is 7. The molecule has 0 bridgehead atoms. The number of morpholine rings is 2. The van der Waals surface area contributed by atoms with Gasteiger partial charge in [-0.25, -0.2) is 8.42 Å². The molecule has 2 fully saturated rings. The third-order valence-corrected chi connectivity index (χ3v) is 9.05. The second-order valence-corrected chi connectivity index (χ2v) is 10.9. The van der Waals surface area contributed by atoms with Gasteiger partial charge in [-0.2, -0.15) is 4.31 Å². The molecule has 32 heavy (non-hydrogen) atoms. The Hall–Kier alpha value is -1.82. The van der Waals surface area contributed by atoms with Crippen LogP contribution in [0.15, 0.2) is 40.6 Å². The zero-order valence-corrected chi connectivity index (χ0v) is 19.8. The van der Waals surface area contributed by atoms with Gasteiger partial charge in [0, 0.05) is 18.7 Å². The minimum absolute atomic E-state index is 0.143. The largest absolute Gasteiger partial charge is 0.379 e. The molecule has 8 nitrogen and oxygen atoms in total. The molecule has 1 aromatic carbocycles. The number of hydrogen-bond acceptors (Lipinski definition) is 6. The van der Waals surface area contributed by atoms with Crippen molar-refractivity contribution in [2.45, 2.75) is 17.9 Å². The van der Waals surface area contributed by atoms with Crippen LogP contribution in [0.5, 0.6) is 0 Å². The molecule has 2 saturated heterocycles. The summed E-state index contributed by atoms with van der Waals surface area (Å²) in [5.74, 6) is -0.266. The Morgan fingerprint density at radius 2 is 1.88 bits per heavy atom. The SMILES string of the molecule is Cc1ccc(C(=O)NC[C@H](c2cccs2)[NH+]2CCOCC2)cc1S(=O)(=O)N1CCOCC1. The van der Waals surface area contributed by atoms with Crippen molar-refractivity contribution in [3.63, 3.8) is 0 Å². The Morgan fingerprint density at radius 3 is 2.56 bits per heavy atom. The number of nitrogens with zero attached hydrogens (tertiary/aromatic N) is 1. The number of aryl methyl sites for hydroxylation is 1. The highest BCUT2D eigenvalue weighted by Crippen LogP contribution is 2.23. The van der Waals surface area contributed by atoms with Crippen molar-refractivity contribution in [3.8, 4) is 0 Å². The molecule has 2 aromatic rings. The van der Waals surface area contributed by atoms with Gasteiger partial charge < -0.3 is 19.7 Å². The molecule has 1 atom stereocenters. The molecule has 2 N–H and O–H groups in total. The van der Waals surface area contributed by atoms with Crippen molar-refractivity contribution >= 4 is 27.3 Å². The molecule has 174 valence electrons. The molecule has 10 heteroatoms. The first-order valence-electron chi connectivity index (χ1n) is 10.9. The summed E-state index contributed by atoms with van der Waals surface area (Å²) in [5.41, 5.74) is 0.978. The lowest BCUT2D eigenvalue weighted by molar-refractivity contribution is -0.937. The second kappa shape index (κ2) is 10.4. The minimum atomic E-state index is -3.68. The smallest absolute Gasteiger partial charge is 0.251 e. The minimum Gasteiger partial charge on any atom is -0.379 e. The van der Waals surface area contributed by atoms with E-state index < -0.39 is 10.0 Å². The standard InChI is InChI=1S/C22H29N3O5S2/c1-17-4-5-18(15-21(17)32(27,28)25-8-12-30-13-9-25)22(26)23-16-19(20-3-2-14-31-20)24-6-10-29-11-7-24/h2-5,14-15,19H,6-13,16H2,1H3,(H,23,26)/p+1/t19-/m1/s1. The quantitative estimate of drug-likeness (QED) is 0.601. The number of benzene rings is 1. The van der Waals surface area contributed by atoms with Gasteiger partial charge in [0.25, 0.3) is 5.91 Å². The van der Waals surface area contributed by atoms with E-state index in [0.717, 1.165) is 13.1 Å². The van der Waals surface area contributed by atoms with E-state index in [9.17, 15) is 13.2 Å². The van der Waals surface area contributed by atoms with Gasteiger partial charge in [0.1, 0.15) is 19.1 Å². The average Bonchev–Trinajstić information content (AvgIpc) is 3.35. The van der Waals surface area contributed by atoms with E-state index in [1.807, 2.05) is 11.4 Å². The van der Waals surface area contributed by atoms with Crippen LogP contribution in [0.25, 0.3) is 0 Å². The summed E-state index contributed by atoms with van der Waals surface area (Å²) in [6, 6.07) is 9.15. The number of hydrogen-bond donors (Lipinski definition) is 2. The fourth-order valence-corrected chi connectivity index (χ4v) is 6.70. The highest BCUT2D eigenvalue weighted by molar-refractivity contribution is 7.89. The summed E-state index contributed by atoms with van der Waals surface area (Å²) in [7, 11) is -3.68. The maximum absolute atomic E-state index is 13.1. The number of carbonyl (C=O) groups is 1. The van der Waals surface area contributed by atoms with E-state index in [1.54, 1.807) is 30.4 Å². The maximum atomic E-state index is 13.1. The summed E-state index contributed by atoms with van der Waals surface area (Å²) < 4.78 is 38.5. The average molecular weight is 481 g/mol. The van der Waals surface area contributed by atoms with Crippen molar-refractivity contribution in [1.82, 2.24) is 9.62 Å². The van der Waals surface area contributed by atoms with E-state index in [4.69, 9.17) is 9.47 Å². The fraction of sp³-hybridized carbons (Fsp3) is 0.500. The lowest BCUT2D eigenvalue weighted by atomic mass is 10.1. The Bertz CT molecular complexity index is 1010. The number of ether oxygens (including phenoxy) is 2. The molecule has 0 unspecified atom stereocenters. The first-order valence-corrected chi connectivity index (χ1v) is 13.2. The van der Waals surface area contributed by atoms with Crippen molar-refractivity contribution in [3.05, 3.63) is 51.7 Å². The van der Waals surface area contributed by atoms with Crippen LogP contribution >= 0.6 is 11.3 Å². The molecule has 1 amide bonds. The number of nitrogens with one attached hydrogen (secondary N) is 2. The molecule has 3 heterocycles. The zero-order valence-electron chi connectivity index (χ0n) is 18.2. The first-order chi connectivity index (χ1) is 15.5. The fourth-order valence-electron chi connectivity index (χ4n) is 4.16. The van der Waals surface area contributed by atoms with Gasteiger partial charge in [0.2, 0.25) is 10.0 Å². The molecule has 0 aliphatic carbocycles. The van der Waals surface area contributed by atoms with Gasteiger partial charge >= 0.3 is 0 Å². The Kier molecular flexibility index (Phi) is 7.59. The van der Waals surface area contributed by atoms with Crippen LogP contribution in [-0.2, 0) is 19.5 Å². The number of sulfonamides is 1. The van der Waals surface area contributed by atoms with Crippen LogP contribution in [0.3, 0.4) is 0 Å². The molecule has 2 aliphatic rings. The Balaban J connectivity index is 1.50. The van der Waals surface area contributed by atoms with Crippen molar-refractivity contribution in [2.24, 2.45) is 0 Å². The van der Waals surface area contributed by atoms with E-state index in [2.05, 4.69) is 11.4 Å². The molecule has 4 rings (SSSR count). The molecule has 0 radical (unpaired) electrons. The van der Waals surface area contributed by atoms with E-state index in [1.165, 1.54) is 20.1 Å². The lowest BCUT2D eigenvalue weighted by Crippen LogP contribution is -3.15. The molecule has 1 aromatic heterocycles. The predicted octanol–water partition coefficient (Wildman–Crippen LogP) is 0.464. The van der Waals surface area contributed by atoms with Crippen molar-refractivity contribution in [2.75, 3.05) is 59.2 Å². The normalized spacial score (nSPS) is 19.5. The third-order valence-electron chi connectivity index (χ3n) is 6.02. The van der Waals surface area contributed by atoms with E-state index in [-0.39, 0.29) is 16.8 Å². The first kappa shape index (κ1) is 23.3. The molecule has 2 aliphatic heterocycles. The monoisotopic (exact) mass is 480 g/mol. The molecular formula is C22H30N3O5S2+. The Labute approximate surface area is 193 Å².